The number of hydrogen-bond acceptors (Lipinski definition) is 3. The number of sulfone groups is 1. The molecule has 0 spiro atoms. The first kappa shape index (κ1) is 13.4. The normalized spacial score (nSPS) is 11.3. The summed E-state index contributed by atoms with van der Waals surface area (Å²) in [4.78, 5) is 11.1. The topological polar surface area (TPSA) is 51.2 Å². The lowest BCUT2D eigenvalue weighted by molar-refractivity contribution is 0.112. The Hall–Kier alpha value is -2.01. The predicted molar refractivity (Wildman–Crippen MR) is 70.3 cm³/mol. The van der Waals surface area contributed by atoms with Gasteiger partial charge in [0.05, 0.1) is 10.5 Å². The summed E-state index contributed by atoms with van der Waals surface area (Å²) in [5, 5.41) is 0. The largest absolute Gasteiger partial charge is 0.298 e. The lowest BCUT2D eigenvalue weighted by Gasteiger charge is -2.06. The molecule has 0 atom stereocenters. The molecule has 2 aromatic rings. The van der Waals surface area contributed by atoms with Gasteiger partial charge >= 0.3 is 0 Å². The van der Waals surface area contributed by atoms with E-state index in [4.69, 9.17) is 0 Å². The molecule has 98 valence electrons. The summed E-state index contributed by atoms with van der Waals surface area (Å²) in [6.07, 6.45) is 1.57. The Morgan fingerprint density at radius 2 is 1.68 bits per heavy atom. The predicted octanol–water partition coefficient (Wildman–Crippen LogP) is 2.71. The summed E-state index contributed by atoms with van der Waals surface area (Å²) in [5.41, 5.74) is 0.999. The van der Waals surface area contributed by atoms with Gasteiger partial charge in [0.25, 0.3) is 0 Å². The van der Waals surface area contributed by atoms with Gasteiger partial charge in [0, 0.05) is 6.26 Å². The van der Waals surface area contributed by atoms with Crippen molar-refractivity contribution in [1.82, 2.24) is 0 Å². The average Bonchev–Trinajstić information content (AvgIpc) is 2.37. The summed E-state index contributed by atoms with van der Waals surface area (Å²) in [6, 6.07) is 10.3. The molecule has 0 aliphatic carbocycles. The van der Waals surface area contributed by atoms with Crippen LogP contribution in [0.5, 0.6) is 0 Å². The third-order valence-corrected chi connectivity index (χ3v) is 3.89. The van der Waals surface area contributed by atoms with Crippen molar-refractivity contribution in [3.63, 3.8) is 0 Å². The van der Waals surface area contributed by atoms with Gasteiger partial charge in [-0.1, -0.05) is 24.3 Å². The molecule has 2 aromatic carbocycles. The van der Waals surface area contributed by atoms with Gasteiger partial charge in [-0.05, 0) is 29.3 Å². The SMILES string of the molecule is CS(=O)(=O)c1ccc(-c2cccc(F)c2C=O)cc1. The summed E-state index contributed by atoms with van der Waals surface area (Å²) in [5.74, 6) is -0.598. The van der Waals surface area contributed by atoms with Crippen molar-refractivity contribution in [3.05, 3.63) is 53.8 Å². The standard InChI is InChI=1S/C14H11FO3S/c1-19(17,18)11-7-5-10(6-8-11)12-3-2-4-14(15)13(12)9-16/h2-9H,1H3. The van der Waals surface area contributed by atoms with Gasteiger partial charge < -0.3 is 0 Å². The van der Waals surface area contributed by atoms with E-state index in [0.717, 1.165) is 6.26 Å². The van der Waals surface area contributed by atoms with E-state index in [1.165, 1.54) is 24.3 Å². The smallest absolute Gasteiger partial charge is 0.175 e. The number of carbonyl (C=O) groups excluding carboxylic acids is 1. The van der Waals surface area contributed by atoms with Crippen molar-refractivity contribution in [1.29, 1.82) is 0 Å². The first-order valence-electron chi connectivity index (χ1n) is 5.47. The second-order valence-electron chi connectivity index (χ2n) is 4.12. The van der Waals surface area contributed by atoms with Crippen molar-refractivity contribution in [2.45, 2.75) is 4.90 Å². The first-order chi connectivity index (χ1) is 8.93. The van der Waals surface area contributed by atoms with Crippen LogP contribution in [-0.4, -0.2) is 21.0 Å². The zero-order chi connectivity index (χ0) is 14.0. The molecule has 0 aliphatic heterocycles. The highest BCUT2D eigenvalue weighted by atomic mass is 32.2. The molecule has 0 bridgehead atoms. The minimum Gasteiger partial charge on any atom is -0.298 e. The van der Waals surface area contributed by atoms with E-state index in [0.29, 0.717) is 17.4 Å². The van der Waals surface area contributed by atoms with E-state index in [9.17, 15) is 17.6 Å². The van der Waals surface area contributed by atoms with E-state index in [1.54, 1.807) is 18.2 Å². The molecule has 0 aromatic heterocycles. The Morgan fingerprint density at radius 3 is 2.21 bits per heavy atom. The molecule has 0 unspecified atom stereocenters. The fraction of sp³-hybridized carbons (Fsp3) is 0.0714. The summed E-state index contributed by atoms with van der Waals surface area (Å²) in [6.45, 7) is 0. The average molecular weight is 278 g/mol. The molecule has 0 saturated heterocycles. The molecular formula is C14H11FO3S. The van der Waals surface area contributed by atoms with Gasteiger partial charge in [0.1, 0.15) is 5.82 Å². The summed E-state index contributed by atoms with van der Waals surface area (Å²) < 4.78 is 36.2. The number of rotatable bonds is 3. The molecule has 0 amide bonds. The quantitative estimate of drug-likeness (QED) is 0.811. The van der Waals surface area contributed by atoms with E-state index in [1.807, 2.05) is 0 Å². The van der Waals surface area contributed by atoms with E-state index >= 15 is 0 Å². The second-order valence-corrected chi connectivity index (χ2v) is 6.13. The van der Waals surface area contributed by atoms with Crippen molar-refractivity contribution < 1.29 is 17.6 Å². The van der Waals surface area contributed by atoms with Crippen LogP contribution in [0.25, 0.3) is 11.1 Å². The van der Waals surface area contributed by atoms with Crippen molar-refractivity contribution in [3.8, 4) is 11.1 Å². The maximum absolute atomic E-state index is 13.5. The molecule has 3 nitrogen and oxygen atoms in total. The molecule has 0 fully saturated rings. The lowest BCUT2D eigenvalue weighted by Crippen LogP contribution is -1.97. The van der Waals surface area contributed by atoms with Crippen LogP contribution in [0.2, 0.25) is 0 Å². The number of hydrogen-bond donors (Lipinski definition) is 0. The monoisotopic (exact) mass is 278 g/mol. The van der Waals surface area contributed by atoms with Crippen LogP contribution in [0.1, 0.15) is 10.4 Å². The first-order valence-corrected chi connectivity index (χ1v) is 7.37. The number of benzene rings is 2. The fourth-order valence-corrected chi connectivity index (χ4v) is 2.42. The van der Waals surface area contributed by atoms with Crippen LogP contribution in [-0.2, 0) is 9.84 Å². The van der Waals surface area contributed by atoms with Crippen LogP contribution < -0.4 is 0 Å². The number of aldehydes is 1. The van der Waals surface area contributed by atoms with E-state index < -0.39 is 15.7 Å². The third-order valence-electron chi connectivity index (χ3n) is 2.76. The third kappa shape index (κ3) is 2.71. The van der Waals surface area contributed by atoms with Gasteiger partial charge in [0.15, 0.2) is 16.1 Å². The van der Waals surface area contributed by atoms with Crippen molar-refractivity contribution in [2.24, 2.45) is 0 Å². The molecular weight excluding hydrogens is 267 g/mol. The Kier molecular flexibility index (Phi) is 3.48. The van der Waals surface area contributed by atoms with Gasteiger partial charge in [0.2, 0.25) is 0 Å². The molecule has 0 N–H and O–H groups in total. The van der Waals surface area contributed by atoms with E-state index in [-0.39, 0.29) is 10.5 Å². The van der Waals surface area contributed by atoms with Gasteiger partial charge in [-0.15, -0.1) is 0 Å². The van der Waals surface area contributed by atoms with Crippen LogP contribution in [0.15, 0.2) is 47.4 Å². The zero-order valence-electron chi connectivity index (χ0n) is 10.1. The molecule has 19 heavy (non-hydrogen) atoms. The van der Waals surface area contributed by atoms with Crippen molar-refractivity contribution in [2.75, 3.05) is 6.26 Å². The fourth-order valence-electron chi connectivity index (χ4n) is 1.79. The second kappa shape index (κ2) is 4.93. The Morgan fingerprint density at radius 1 is 1.05 bits per heavy atom. The van der Waals surface area contributed by atoms with Gasteiger partial charge in [-0.25, -0.2) is 12.8 Å². The van der Waals surface area contributed by atoms with Crippen LogP contribution in [0.4, 0.5) is 4.39 Å². The van der Waals surface area contributed by atoms with Crippen molar-refractivity contribution >= 4 is 16.1 Å². The molecule has 2 rings (SSSR count). The maximum atomic E-state index is 13.5. The summed E-state index contributed by atoms with van der Waals surface area (Å²) >= 11 is 0. The Bertz CT molecular complexity index is 719. The minimum atomic E-state index is -3.27. The zero-order valence-corrected chi connectivity index (χ0v) is 10.9. The Balaban J connectivity index is 2.55. The summed E-state index contributed by atoms with van der Waals surface area (Å²) in [7, 11) is -3.27. The van der Waals surface area contributed by atoms with Crippen LogP contribution >= 0.6 is 0 Å². The molecule has 0 aliphatic rings. The molecule has 0 heterocycles. The number of halogens is 1. The Labute approximate surface area is 110 Å². The maximum Gasteiger partial charge on any atom is 0.175 e. The molecule has 5 heteroatoms. The van der Waals surface area contributed by atoms with Gasteiger partial charge in [-0.3, -0.25) is 4.79 Å². The van der Waals surface area contributed by atoms with Crippen LogP contribution in [0.3, 0.4) is 0 Å². The van der Waals surface area contributed by atoms with Gasteiger partial charge in [-0.2, -0.15) is 0 Å². The lowest BCUT2D eigenvalue weighted by atomic mass is 10.0. The minimum absolute atomic E-state index is 0.0328. The molecule has 0 saturated carbocycles. The highest BCUT2D eigenvalue weighted by Crippen LogP contribution is 2.25. The van der Waals surface area contributed by atoms with E-state index in [2.05, 4.69) is 0 Å². The van der Waals surface area contributed by atoms with Crippen LogP contribution in [0, 0.1) is 5.82 Å². The number of carbonyl (C=O) groups is 1. The highest BCUT2D eigenvalue weighted by molar-refractivity contribution is 7.90. The highest BCUT2D eigenvalue weighted by Gasteiger charge is 2.11. The molecule has 0 radical (unpaired) electrons.